The normalized spacial score (nSPS) is 10.7. The van der Waals surface area contributed by atoms with Crippen LogP contribution in [0, 0.1) is 39.9 Å². The Bertz CT molecular complexity index is 124. The van der Waals surface area contributed by atoms with Crippen molar-refractivity contribution in [1.29, 1.82) is 0 Å². The van der Waals surface area contributed by atoms with Gasteiger partial charge in [0.15, 0.2) is 0 Å². The van der Waals surface area contributed by atoms with Gasteiger partial charge in [0, 0.05) is 39.9 Å². The molecule has 0 aromatic carbocycles. The van der Waals surface area contributed by atoms with Gasteiger partial charge in [0.1, 0.15) is 0 Å². The van der Waals surface area contributed by atoms with Gasteiger partial charge in [0.25, 0.3) is 0 Å². The predicted molar refractivity (Wildman–Crippen MR) is 28.5 cm³/mol. The van der Waals surface area contributed by atoms with Gasteiger partial charge in [0.2, 0.25) is 0 Å². The minimum atomic E-state index is -4.64. The molecule has 6 N–H and O–H groups in total. The first-order valence-corrected chi connectivity index (χ1v) is 4.70. The van der Waals surface area contributed by atoms with E-state index in [2.05, 4.69) is 0 Å². The summed E-state index contributed by atoms with van der Waals surface area (Å²) in [4.78, 5) is 43.1. The number of hydrogen-bond acceptors (Lipinski definition) is 2. The molecule has 0 radical (unpaired) electrons. The Morgan fingerprint density at radius 3 is 0.636 bits per heavy atom. The van der Waals surface area contributed by atoms with E-state index in [0.29, 0.717) is 0 Å². The third kappa shape index (κ3) is 441. The van der Waals surface area contributed by atoms with Crippen molar-refractivity contribution < 1.29 is 78.4 Å². The van der Waals surface area contributed by atoms with E-state index in [1.807, 2.05) is 0 Å². The van der Waals surface area contributed by atoms with Gasteiger partial charge in [-0.2, -0.15) is 0 Å². The van der Waals surface area contributed by atoms with Crippen molar-refractivity contribution in [2.75, 3.05) is 0 Å². The summed E-state index contributed by atoms with van der Waals surface area (Å²) in [6, 6.07) is 0. The maximum Gasteiger partial charge on any atom is 0.466 e. The molecule has 72 valence electrons. The molecule has 0 unspecified atom stereocenters. The third-order valence-electron chi connectivity index (χ3n) is 0. The van der Waals surface area contributed by atoms with Crippen LogP contribution in [0.4, 0.5) is 0 Å². The molecule has 0 saturated carbocycles. The van der Waals surface area contributed by atoms with E-state index in [1.165, 1.54) is 0 Å². The Labute approximate surface area is 93.4 Å². The maximum absolute atomic E-state index is 8.88. The second-order valence-electron chi connectivity index (χ2n) is 1.03. The molecule has 0 fully saturated rings. The molecule has 11 heavy (non-hydrogen) atoms. The average molecular weight is 353 g/mol. The summed E-state index contributed by atoms with van der Waals surface area (Å²) in [5, 5.41) is 0. The van der Waals surface area contributed by atoms with Crippen LogP contribution >= 0.6 is 15.6 Å². The van der Waals surface area contributed by atoms with Gasteiger partial charge < -0.3 is 29.4 Å². The zero-order valence-corrected chi connectivity index (χ0v) is 8.81. The molecular weight excluding hydrogens is 347 g/mol. The molecule has 0 saturated heterocycles. The van der Waals surface area contributed by atoms with Gasteiger partial charge in [-0.25, -0.2) is 9.13 Å². The van der Waals surface area contributed by atoms with Crippen LogP contribution in [0.25, 0.3) is 0 Å². The van der Waals surface area contributed by atoms with Crippen molar-refractivity contribution in [3.63, 3.8) is 0 Å². The number of phosphoric acid groups is 2. The molecule has 0 bridgehead atoms. The fourth-order valence-corrected chi connectivity index (χ4v) is 0. The molecule has 0 atom stereocenters. The second-order valence-corrected chi connectivity index (χ2v) is 3.08. The Hall–Kier alpha value is 1.54. The summed E-state index contributed by atoms with van der Waals surface area (Å²) in [6.45, 7) is 0. The van der Waals surface area contributed by atoms with Crippen LogP contribution in [0.5, 0.6) is 0 Å². The molecule has 0 rings (SSSR count). The van der Waals surface area contributed by atoms with Crippen molar-refractivity contribution in [1.82, 2.24) is 0 Å². The summed E-state index contributed by atoms with van der Waals surface area (Å²) in [5.74, 6) is 0. The van der Waals surface area contributed by atoms with Crippen molar-refractivity contribution in [2.24, 2.45) is 0 Å². The van der Waals surface area contributed by atoms with E-state index < -0.39 is 15.6 Å². The van der Waals surface area contributed by atoms with Crippen LogP contribution in [0.2, 0.25) is 0 Å². The summed E-state index contributed by atoms with van der Waals surface area (Å²) >= 11 is 0. The zero-order valence-electron chi connectivity index (χ0n) is 4.75. The summed E-state index contributed by atoms with van der Waals surface area (Å²) in [7, 11) is -9.28. The quantitative estimate of drug-likeness (QED) is 0.277. The van der Waals surface area contributed by atoms with Gasteiger partial charge in [-0.05, 0) is 0 Å². The first kappa shape index (κ1) is 18.4. The van der Waals surface area contributed by atoms with Crippen molar-refractivity contribution >= 4 is 15.6 Å². The fraction of sp³-hybridized carbons (Fsp3) is 0. The minimum Gasteiger partial charge on any atom is -0.303 e. The van der Waals surface area contributed by atoms with Crippen LogP contribution in [0.3, 0.4) is 0 Å². The fourth-order valence-electron chi connectivity index (χ4n) is 0. The molecular formula is H6GdO8P2. The van der Waals surface area contributed by atoms with Crippen molar-refractivity contribution in [3.8, 4) is 0 Å². The molecule has 11 heteroatoms. The Morgan fingerprint density at radius 1 is 0.636 bits per heavy atom. The van der Waals surface area contributed by atoms with Crippen LogP contribution in [0.1, 0.15) is 0 Å². The third-order valence-corrected chi connectivity index (χ3v) is 0. The van der Waals surface area contributed by atoms with Crippen LogP contribution < -0.4 is 0 Å². The molecule has 0 amide bonds. The minimum absolute atomic E-state index is 0. The molecule has 0 heterocycles. The largest absolute Gasteiger partial charge is 0.466 e. The smallest absolute Gasteiger partial charge is 0.303 e. The Morgan fingerprint density at radius 2 is 0.636 bits per heavy atom. The summed E-state index contributed by atoms with van der Waals surface area (Å²) in [5.41, 5.74) is 0. The molecule has 8 nitrogen and oxygen atoms in total. The van der Waals surface area contributed by atoms with E-state index in [1.54, 1.807) is 0 Å². The number of rotatable bonds is 0. The van der Waals surface area contributed by atoms with Crippen molar-refractivity contribution in [3.05, 3.63) is 0 Å². The molecule has 0 aliphatic carbocycles. The van der Waals surface area contributed by atoms with Crippen LogP contribution in [-0.4, -0.2) is 29.4 Å². The molecule has 0 aromatic heterocycles. The Balaban J connectivity index is -0.000000107. The van der Waals surface area contributed by atoms with E-state index in [9.17, 15) is 0 Å². The molecule has 0 aromatic rings. The summed E-state index contributed by atoms with van der Waals surface area (Å²) < 4.78 is 17.8. The zero-order chi connectivity index (χ0) is 9.00. The number of hydrogen-bond donors (Lipinski definition) is 6. The van der Waals surface area contributed by atoms with Gasteiger partial charge >= 0.3 is 15.6 Å². The van der Waals surface area contributed by atoms with E-state index in [4.69, 9.17) is 38.5 Å². The van der Waals surface area contributed by atoms with Gasteiger partial charge in [0.05, 0.1) is 0 Å². The first-order valence-electron chi connectivity index (χ1n) is 1.57. The van der Waals surface area contributed by atoms with E-state index in [0.717, 1.165) is 0 Å². The standard InChI is InChI=1S/Gd.2H3O4P/c;2*1-5(2,3)4/h;2*(H3,1,2,3,4). The SMILES string of the molecule is O=P(O)(O)O.O=P(O)(O)O.[Gd]. The second kappa shape index (κ2) is 7.00. The topological polar surface area (TPSA) is 156 Å². The maximum atomic E-state index is 8.88. The van der Waals surface area contributed by atoms with Gasteiger partial charge in [-0.15, -0.1) is 0 Å². The van der Waals surface area contributed by atoms with Gasteiger partial charge in [-0.1, -0.05) is 0 Å². The average Bonchev–Trinajstić information content (AvgIpc) is 1.12. The van der Waals surface area contributed by atoms with Crippen molar-refractivity contribution in [2.45, 2.75) is 0 Å². The Kier molecular flexibility index (Phi) is 11.7. The van der Waals surface area contributed by atoms with Gasteiger partial charge in [-0.3, -0.25) is 0 Å². The van der Waals surface area contributed by atoms with E-state index in [-0.39, 0.29) is 39.9 Å². The molecule has 0 spiro atoms. The monoisotopic (exact) mass is 354 g/mol. The van der Waals surface area contributed by atoms with Crippen LogP contribution in [0.15, 0.2) is 0 Å². The molecule has 0 aliphatic heterocycles. The molecule has 0 aliphatic rings. The van der Waals surface area contributed by atoms with E-state index >= 15 is 0 Å². The van der Waals surface area contributed by atoms with Crippen LogP contribution in [-0.2, 0) is 9.13 Å². The summed E-state index contributed by atoms with van der Waals surface area (Å²) in [6.07, 6.45) is 0. The predicted octanol–water partition coefficient (Wildman–Crippen LogP) is -1.86. The first-order chi connectivity index (χ1) is 4.00.